The van der Waals surface area contributed by atoms with Crippen LogP contribution in [0.1, 0.15) is 0 Å². The van der Waals surface area contributed by atoms with Gasteiger partial charge in [-0.15, -0.1) is 11.3 Å². The van der Waals surface area contributed by atoms with Crippen LogP contribution in [0.4, 0.5) is 5.13 Å². The van der Waals surface area contributed by atoms with E-state index < -0.39 is 0 Å². The lowest BCUT2D eigenvalue weighted by Crippen LogP contribution is -2.52. The van der Waals surface area contributed by atoms with Crippen molar-refractivity contribution in [1.29, 1.82) is 0 Å². The van der Waals surface area contributed by atoms with Gasteiger partial charge in [-0.05, 0) is 0 Å². The van der Waals surface area contributed by atoms with Crippen LogP contribution in [0.5, 0.6) is 0 Å². The number of aromatic nitrogens is 1. The molecule has 1 aromatic heterocycles. The van der Waals surface area contributed by atoms with Crippen LogP contribution in [-0.2, 0) is 9.53 Å². The molecule has 2 aliphatic heterocycles. The topological polar surface area (TPSA) is 45.7 Å². The fraction of sp³-hybridized carbons (Fsp3) is 0.667. The van der Waals surface area contributed by atoms with E-state index >= 15 is 0 Å². The number of rotatable bonds is 2. The van der Waals surface area contributed by atoms with Gasteiger partial charge >= 0.3 is 0 Å². The van der Waals surface area contributed by atoms with E-state index in [0.29, 0.717) is 13.2 Å². The molecule has 1 atom stereocenters. The normalized spacial score (nSPS) is 24.5. The van der Waals surface area contributed by atoms with Gasteiger partial charge in [0.05, 0.1) is 13.2 Å². The van der Waals surface area contributed by atoms with Crippen LogP contribution < -0.4 is 4.90 Å². The summed E-state index contributed by atoms with van der Waals surface area (Å²) in [6, 6.07) is 0. The Labute approximate surface area is 120 Å². The molecule has 0 spiro atoms. The van der Waals surface area contributed by atoms with Crippen LogP contribution in [-0.4, -0.2) is 66.2 Å². The lowest BCUT2D eigenvalue weighted by atomic mass is 10.2. The van der Waals surface area contributed by atoms with Gasteiger partial charge in [-0.2, -0.15) is 11.8 Å². The van der Waals surface area contributed by atoms with Gasteiger partial charge in [-0.3, -0.25) is 4.79 Å². The molecule has 2 saturated heterocycles. The molecule has 0 aromatic carbocycles. The molecule has 0 N–H and O–H groups in total. The fourth-order valence-corrected chi connectivity index (χ4v) is 3.92. The average molecular weight is 299 g/mol. The molecule has 1 aromatic rings. The van der Waals surface area contributed by atoms with Gasteiger partial charge in [-0.25, -0.2) is 4.98 Å². The van der Waals surface area contributed by atoms with Gasteiger partial charge in [0.25, 0.3) is 5.91 Å². The number of nitrogens with zero attached hydrogens (tertiary/aromatic N) is 3. The zero-order valence-corrected chi connectivity index (χ0v) is 12.3. The van der Waals surface area contributed by atoms with Crippen LogP contribution in [0.3, 0.4) is 0 Å². The summed E-state index contributed by atoms with van der Waals surface area (Å²) in [5.74, 6) is 2.21. The molecule has 2 aliphatic rings. The van der Waals surface area contributed by atoms with Crippen molar-refractivity contribution in [3.8, 4) is 0 Å². The third-order valence-corrected chi connectivity index (χ3v) is 5.13. The number of carbonyl (C=O) groups excluding carboxylic acids is 1. The summed E-state index contributed by atoms with van der Waals surface area (Å²) in [7, 11) is 0. The second-order valence-corrected chi connectivity index (χ2v) is 6.66. The lowest BCUT2D eigenvalue weighted by molar-refractivity contribution is -0.144. The van der Waals surface area contributed by atoms with Crippen LogP contribution in [0.2, 0.25) is 0 Å². The Morgan fingerprint density at radius 1 is 1.37 bits per heavy atom. The highest BCUT2D eigenvalue weighted by Crippen LogP contribution is 2.21. The number of ether oxygens (including phenoxy) is 1. The Bertz CT molecular complexity index is 421. The van der Waals surface area contributed by atoms with E-state index in [0.717, 1.165) is 36.3 Å². The number of hydrogen-bond donors (Lipinski definition) is 0. The standard InChI is InChI=1S/C12H17N3O2S2/c16-11(14-3-7-18-8-4-14)10-9-15(2-5-17-10)12-13-1-6-19-12/h1,6,10H,2-5,7-9H2. The third kappa shape index (κ3) is 3.04. The van der Waals surface area contributed by atoms with E-state index in [1.165, 1.54) is 0 Å². The number of thioether (sulfide) groups is 1. The van der Waals surface area contributed by atoms with Crippen molar-refractivity contribution in [1.82, 2.24) is 9.88 Å². The van der Waals surface area contributed by atoms with E-state index in [9.17, 15) is 4.79 Å². The van der Waals surface area contributed by atoms with E-state index in [1.807, 2.05) is 22.0 Å². The van der Waals surface area contributed by atoms with Crippen molar-refractivity contribution in [2.75, 3.05) is 49.2 Å². The number of carbonyl (C=O) groups is 1. The number of thiazole rings is 1. The van der Waals surface area contributed by atoms with Crippen molar-refractivity contribution in [3.63, 3.8) is 0 Å². The number of anilines is 1. The molecule has 0 radical (unpaired) electrons. The van der Waals surface area contributed by atoms with Gasteiger partial charge in [0.15, 0.2) is 11.2 Å². The molecule has 19 heavy (non-hydrogen) atoms. The predicted molar refractivity (Wildman–Crippen MR) is 78.0 cm³/mol. The van der Waals surface area contributed by atoms with Crippen molar-refractivity contribution in [2.24, 2.45) is 0 Å². The quantitative estimate of drug-likeness (QED) is 0.813. The van der Waals surface area contributed by atoms with Gasteiger partial charge < -0.3 is 14.5 Å². The number of hydrogen-bond acceptors (Lipinski definition) is 6. The molecule has 3 rings (SSSR count). The monoisotopic (exact) mass is 299 g/mol. The lowest BCUT2D eigenvalue weighted by Gasteiger charge is -2.35. The smallest absolute Gasteiger partial charge is 0.253 e. The SMILES string of the molecule is O=C(C1CN(c2nccs2)CCO1)N1CCSCC1. The van der Waals surface area contributed by atoms with E-state index in [4.69, 9.17) is 4.74 Å². The van der Waals surface area contributed by atoms with Crippen molar-refractivity contribution < 1.29 is 9.53 Å². The van der Waals surface area contributed by atoms with Gasteiger partial charge in [0.1, 0.15) is 0 Å². The molecule has 7 heteroatoms. The Hall–Kier alpha value is -0.790. The second-order valence-electron chi connectivity index (χ2n) is 4.56. The van der Waals surface area contributed by atoms with Crippen molar-refractivity contribution in [3.05, 3.63) is 11.6 Å². The predicted octanol–water partition coefficient (Wildman–Crippen LogP) is 0.924. The molecule has 0 bridgehead atoms. The van der Waals surface area contributed by atoms with E-state index in [1.54, 1.807) is 17.5 Å². The zero-order chi connectivity index (χ0) is 13.1. The van der Waals surface area contributed by atoms with Crippen LogP contribution in [0, 0.1) is 0 Å². The highest BCUT2D eigenvalue weighted by Gasteiger charge is 2.31. The first kappa shape index (κ1) is 13.2. The molecular formula is C12H17N3O2S2. The first-order valence-electron chi connectivity index (χ1n) is 6.47. The van der Waals surface area contributed by atoms with E-state index in [-0.39, 0.29) is 12.0 Å². The first-order valence-corrected chi connectivity index (χ1v) is 8.50. The summed E-state index contributed by atoms with van der Waals surface area (Å²) >= 11 is 3.52. The molecule has 3 heterocycles. The minimum Gasteiger partial charge on any atom is -0.365 e. The summed E-state index contributed by atoms with van der Waals surface area (Å²) in [6.45, 7) is 3.73. The molecule has 0 saturated carbocycles. The molecule has 5 nitrogen and oxygen atoms in total. The average Bonchev–Trinajstić information content (AvgIpc) is 3.02. The zero-order valence-electron chi connectivity index (χ0n) is 10.7. The van der Waals surface area contributed by atoms with Crippen molar-refractivity contribution >= 4 is 34.1 Å². The maximum atomic E-state index is 12.4. The maximum Gasteiger partial charge on any atom is 0.253 e. The summed E-state index contributed by atoms with van der Waals surface area (Å²) in [5.41, 5.74) is 0. The fourth-order valence-electron chi connectivity index (χ4n) is 2.33. The Morgan fingerprint density at radius 2 is 2.21 bits per heavy atom. The largest absolute Gasteiger partial charge is 0.365 e. The minimum atomic E-state index is -0.333. The summed E-state index contributed by atoms with van der Waals surface area (Å²) in [5, 5.41) is 2.94. The highest BCUT2D eigenvalue weighted by molar-refractivity contribution is 7.99. The number of amides is 1. The van der Waals surface area contributed by atoms with Crippen molar-refractivity contribution in [2.45, 2.75) is 6.10 Å². The molecule has 1 unspecified atom stereocenters. The maximum absolute atomic E-state index is 12.4. The van der Waals surface area contributed by atoms with Crippen LogP contribution in [0.25, 0.3) is 0 Å². The Kier molecular flexibility index (Phi) is 4.24. The van der Waals surface area contributed by atoms with Gasteiger partial charge in [0.2, 0.25) is 0 Å². The van der Waals surface area contributed by atoms with Crippen LogP contribution >= 0.6 is 23.1 Å². The number of morpholine rings is 1. The molecule has 1 amide bonds. The molecule has 104 valence electrons. The molecule has 2 fully saturated rings. The first-order chi connectivity index (χ1) is 9.34. The third-order valence-electron chi connectivity index (χ3n) is 3.35. The molecular weight excluding hydrogens is 282 g/mol. The Morgan fingerprint density at radius 3 is 2.95 bits per heavy atom. The summed E-state index contributed by atoms with van der Waals surface area (Å²) in [4.78, 5) is 20.8. The van der Waals surface area contributed by atoms with Gasteiger partial charge in [-0.1, -0.05) is 0 Å². The summed E-state index contributed by atoms with van der Waals surface area (Å²) in [6.07, 6.45) is 1.47. The summed E-state index contributed by atoms with van der Waals surface area (Å²) < 4.78 is 5.66. The Balaban J connectivity index is 1.62. The minimum absolute atomic E-state index is 0.140. The van der Waals surface area contributed by atoms with E-state index in [2.05, 4.69) is 9.88 Å². The van der Waals surface area contributed by atoms with Crippen LogP contribution in [0.15, 0.2) is 11.6 Å². The van der Waals surface area contributed by atoms with Gasteiger partial charge in [0, 0.05) is 42.7 Å². The molecule has 0 aliphatic carbocycles. The highest BCUT2D eigenvalue weighted by atomic mass is 32.2. The second kappa shape index (κ2) is 6.11.